The van der Waals surface area contributed by atoms with Crippen molar-refractivity contribution >= 4 is 63.7 Å². The molecule has 0 radical (unpaired) electrons. The molecule has 0 bridgehead atoms. The van der Waals surface area contributed by atoms with Gasteiger partial charge in [0.25, 0.3) is 11.6 Å². The predicted octanol–water partition coefficient (Wildman–Crippen LogP) is 6.64. The molecule has 10 heteroatoms. The molecule has 0 spiro atoms. The molecule has 33 heavy (non-hydrogen) atoms. The van der Waals surface area contributed by atoms with E-state index in [1.807, 2.05) is 6.07 Å². The van der Waals surface area contributed by atoms with Gasteiger partial charge >= 0.3 is 0 Å². The lowest BCUT2D eigenvalue weighted by Crippen LogP contribution is -2.20. The van der Waals surface area contributed by atoms with Crippen molar-refractivity contribution in [1.82, 2.24) is 0 Å². The van der Waals surface area contributed by atoms with Crippen LogP contribution in [0.15, 0.2) is 60.7 Å². The minimum absolute atomic E-state index is 0.0813. The average Bonchev–Trinajstić information content (AvgIpc) is 2.78. The van der Waals surface area contributed by atoms with E-state index < -0.39 is 10.8 Å². The molecule has 3 aromatic rings. The van der Waals surface area contributed by atoms with Gasteiger partial charge in [-0.05, 0) is 53.6 Å². The van der Waals surface area contributed by atoms with E-state index in [2.05, 4.69) is 5.32 Å². The molecule has 0 atom stereocenters. The van der Waals surface area contributed by atoms with Crippen molar-refractivity contribution in [3.05, 3.63) is 97.0 Å². The fourth-order valence-corrected chi connectivity index (χ4v) is 3.59. The van der Waals surface area contributed by atoms with E-state index in [0.29, 0.717) is 21.8 Å². The van der Waals surface area contributed by atoms with Crippen molar-refractivity contribution in [2.75, 3.05) is 11.9 Å². The fourth-order valence-electron chi connectivity index (χ4n) is 2.80. The van der Waals surface area contributed by atoms with E-state index in [1.54, 1.807) is 24.3 Å². The molecule has 1 N–H and O–H groups in total. The van der Waals surface area contributed by atoms with E-state index in [4.69, 9.17) is 39.5 Å². The number of para-hydroxylation sites is 1. The number of nitriles is 1. The summed E-state index contributed by atoms with van der Waals surface area (Å²) in [5, 5.41) is 23.6. The Hall–Kier alpha value is -3.57. The summed E-state index contributed by atoms with van der Waals surface area (Å²) in [6.45, 7) is -0.355. The first-order chi connectivity index (χ1) is 15.8. The van der Waals surface area contributed by atoms with Gasteiger partial charge in [0.1, 0.15) is 0 Å². The Morgan fingerprint density at radius 1 is 1.06 bits per heavy atom. The number of non-ortho nitro benzene ring substituents is 1. The maximum Gasteiger partial charge on any atom is 0.269 e. The number of anilines is 1. The Morgan fingerprint density at radius 3 is 2.27 bits per heavy atom. The molecule has 0 heterocycles. The first kappa shape index (κ1) is 24.1. The minimum atomic E-state index is -0.521. The van der Waals surface area contributed by atoms with Crippen LogP contribution in [0.2, 0.25) is 15.1 Å². The number of hydrogen-bond acceptors (Lipinski definition) is 5. The van der Waals surface area contributed by atoms with Gasteiger partial charge < -0.3 is 10.1 Å². The summed E-state index contributed by atoms with van der Waals surface area (Å²) in [4.78, 5) is 22.5. The van der Waals surface area contributed by atoms with Crippen LogP contribution >= 0.6 is 34.8 Å². The number of carbonyl (C=O) groups excluding carboxylic acids is 1. The maximum atomic E-state index is 12.2. The highest BCUT2D eigenvalue weighted by atomic mass is 35.5. The highest BCUT2D eigenvalue weighted by Crippen LogP contribution is 2.35. The van der Waals surface area contributed by atoms with Gasteiger partial charge in [-0.25, -0.2) is 0 Å². The second-order valence-corrected chi connectivity index (χ2v) is 7.83. The van der Waals surface area contributed by atoms with Crippen molar-refractivity contribution in [2.24, 2.45) is 0 Å². The lowest BCUT2D eigenvalue weighted by Gasteiger charge is -2.12. The number of nitro groups is 1. The van der Waals surface area contributed by atoms with Gasteiger partial charge in [-0.2, -0.15) is 5.26 Å². The van der Waals surface area contributed by atoms with E-state index >= 15 is 0 Å². The Kier molecular flexibility index (Phi) is 7.91. The fraction of sp³-hybridized carbons (Fsp3) is 0.0435. The summed E-state index contributed by atoms with van der Waals surface area (Å²) in [6.07, 6.45) is 1.53. The van der Waals surface area contributed by atoms with E-state index in [0.717, 1.165) is 0 Å². The molecule has 0 aliphatic carbocycles. The van der Waals surface area contributed by atoms with Crippen molar-refractivity contribution < 1.29 is 14.5 Å². The number of ether oxygens (including phenoxy) is 1. The first-order valence-corrected chi connectivity index (χ1v) is 10.4. The summed E-state index contributed by atoms with van der Waals surface area (Å²) in [7, 11) is 0. The number of allylic oxidation sites excluding steroid dienone is 1. The summed E-state index contributed by atoms with van der Waals surface area (Å²) < 4.78 is 5.48. The quantitative estimate of drug-likeness (QED) is 0.169. The molecule has 166 valence electrons. The summed E-state index contributed by atoms with van der Waals surface area (Å²) in [5.74, 6) is -0.345. The predicted molar refractivity (Wildman–Crippen MR) is 129 cm³/mol. The number of rotatable bonds is 7. The van der Waals surface area contributed by atoms with Gasteiger partial charge in [0.15, 0.2) is 12.4 Å². The van der Waals surface area contributed by atoms with Gasteiger partial charge in [-0.15, -0.1) is 0 Å². The normalized spacial score (nSPS) is 10.9. The number of nitrogens with zero attached hydrogens (tertiary/aromatic N) is 2. The molecule has 0 aliphatic heterocycles. The van der Waals surface area contributed by atoms with Crippen LogP contribution in [0.25, 0.3) is 11.6 Å². The number of nitrogens with one attached hydrogen (secondary N) is 1. The lowest BCUT2D eigenvalue weighted by atomic mass is 10.0. The van der Waals surface area contributed by atoms with Crippen molar-refractivity contribution in [1.29, 1.82) is 5.26 Å². The van der Waals surface area contributed by atoms with Crippen LogP contribution in [-0.2, 0) is 4.79 Å². The number of halogens is 3. The molecule has 0 unspecified atom stereocenters. The van der Waals surface area contributed by atoms with Crippen LogP contribution < -0.4 is 10.1 Å². The molecule has 0 aliphatic rings. The third-order valence-corrected chi connectivity index (χ3v) is 5.23. The topological polar surface area (TPSA) is 105 Å². The molecular weight excluding hydrogens is 489 g/mol. The molecule has 1 amide bonds. The number of carbonyl (C=O) groups is 1. The first-order valence-electron chi connectivity index (χ1n) is 9.31. The Balaban J connectivity index is 1.75. The van der Waals surface area contributed by atoms with Gasteiger partial charge in [0, 0.05) is 12.1 Å². The number of hydrogen-bond donors (Lipinski definition) is 1. The Morgan fingerprint density at radius 2 is 1.70 bits per heavy atom. The minimum Gasteiger partial charge on any atom is -0.481 e. The molecule has 0 saturated carbocycles. The summed E-state index contributed by atoms with van der Waals surface area (Å²) >= 11 is 18.6. The van der Waals surface area contributed by atoms with Crippen LogP contribution in [0.3, 0.4) is 0 Å². The van der Waals surface area contributed by atoms with E-state index in [-0.39, 0.29) is 33.7 Å². The maximum absolute atomic E-state index is 12.2. The second-order valence-electron chi connectivity index (χ2n) is 6.60. The van der Waals surface area contributed by atoms with E-state index in [1.165, 1.54) is 42.5 Å². The van der Waals surface area contributed by atoms with E-state index in [9.17, 15) is 20.2 Å². The van der Waals surface area contributed by atoms with Crippen LogP contribution in [0.4, 0.5) is 11.4 Å². The molecule has 0 aromatic heterocycles. The molecule has 0 saturated heterocycles. The van der Waals surface area contributed by atoms with Gasteiger partial charge in [-0.3, -0.25) is 14.9 Å². The van der Waals surface area contributed by atoms with Crippen molar-refractivity contribution in [3.8, 4) is 11.8 Å². The zero-order valence-electron chi connectivity index (χ0n) is 16.7. The monoisotopic (exact) mass is 501 g/mol. The van der Waals surface area contributed by atoms with Crippen molar-refractivity contribution in [3.63, 3.8) is 0 Å². The Labute approximate surface area is 203 Å². The summed E-state index contributed by atoms with van der Waals surface area (Å²) in [5.41, 5.74) is 1.62. The van der Waals surface area contributed by atoms with Crippen LogP contribution in [0.5, 0.6) is 5.75 Å². The Bertz CT molecular complexity index is 1260. The molecule has 3 aromatic carbocycles. The third-order valence-electron chi connectivity index (χ3n) is 4.34. The standard InChI is InChI=1S/C23H14Cl3N3O4/c24-18-3-1-2-4-21(18)28-22(30)13-33-23-19(25)10-14(11-20(23)26)9-16(12-27)15-5-7-17(8-6-15)29(31)32/h1-11H,13H2,(H,28,30)/b16-9+. The molecule has 3 rings (SSSR count). The molecular formula is C23H14Cl3N3O4. The highest BCUT2D eigenvalue weighted by Gasteiger charge is 2.13. The zero-order chi connectivity index (χ0) is 24.0. The number of nitro benzene ring substituents is 1. The smallest absolute Gasteiger partial charge is 0.269 e. The molecule has 7 nitrogen and oxygen atoms in total. The van der Waals surface area contributed by atoms with Crippen LogP contribution in [-0.4, -0.2) is 17.4 Å². The lowest BCUT2D eigenvalue weighted by molar-refractivity contribution is -0.384. The average molecular weight is 503 g/mol. The second kappa shape index (κ2) is 10.8. The number of benzene rings is 3. The van der Waals surface area contributed by atoms with Crippen LogP contribution in [0.1, 0.15) is 11.1 Å². The van der Waals surface area contributed by atoms with Gasteiger partial charge in [0.2, 0.25) is 0 Å². The van der Waals surface area contributed by atoms with Gasteiger partial charge in [0.05, 0.1) is 37.3 Å². The van der Waals surface area contributed by atoms with Gasteiger partial charge in [-0.1, -0.05) is 46.9 Å². The molecule has 0 fully saturated rings. The highest BCUT2D eigenvalue weighted by molar-refractivity contribution is 6.37. The zero-order valence-corrected chi connectivity index (χ0v) is 19.0. The van der Waals surface area contributed by atoms with Crippen molar-refractivity contribution in [2.45, 2.75) is 0 Å². The summed E-state index contributed by atoms with van der Waals surface area (Å²) in [6, 6.07) is 17.4. The largest absolute Gasteiger partial charge is 0.481 e. The van der Waals surface area contributed by atoms with Crippen LogP contribution in [0, 0.1) is 21.4 Å². The number of amides is 1. The third kappa shape index (κ3) is 6.24. The SMILES string of the molecule is N#C/C(=C\c1cc(Cl)c(OCC(=O)Nc2ccccc2Cl)c(Cl)c1)c1ccc([N+](=O)[O-])cc1.